The van der Waals surface area contributed by atoms with Crippen molar-refractivity contribution in [1.29, 1.82) is 0 Å². The number of amides is 1. The second kappa shape index (κ2) is 6.33. The third-order valence-corrected chi connectivity index (χ3v) is 5.37. The van der Waals surface area contributed by atoms with Crippen molar-refractivity contribution in [3.05, 3.63) is 46.8 Å². The molecular weight excluding hydrogens is 359 g/mol. The number of nitrogens with zero attached hydrogens (tertiary/aromatic N) is 3. The average Bonchev–Trinajstić information content (AvgIpc) is 3.03. The average molecular weight is 379 g/mol. The molecule has 1 amide bonds. The maximum Gasteiger partial charge on any atom is 0.416 e. The Morgan fingerprint density at radius 2 is 2.07 bits per heavy atom. The van der Waals surface area contributed by atoms with E-state index in [4.69, 9.17) is 0 Å². The van der Waals surface area contributed by atoms with Gasteiger partial charge in [-0.1, -0.05) is 23.4 Å². The lowest BCUT2D eigenvalue weighted by molar-refractivity contribution is -0.138. The molecule has 4 rings (SSSR count). The lowest BCUT2D eigenvalue weighted by Gasteiger charge is -2.22. The van der Waals surface area contributed by atoms with Crippen molar-refractivity contribution in [2.45, 2.75) is 43.9 Å². The standard InChI is InChI=1S/C18H20F3N5O/c1-11-15(24-25-26(11)12-6-9-22-10-12)16(27)23-17(7-8-17)13-4-2-3-5-14(13)18(19,20)21/h2-5,12,22H,6-10H2,1H3,(H,23,27). The fourth-order valence-corrected chi connectivity index (χ4v) is 3.76. The Bertz CT molecular complexity index is 866. The molecule has 1 aliphatic heterocycles. The van der Waals surface area contributed by atoms with Gasteiger partial charge in [0.25, 0.3) is 5.91 Å². The number of hydrogen-bond acceptors (Lipinski definition) is 4. The predicted octanol–water partition coefficient (Wildman–Crippen LogP) is 2.56. The number of aromatic nitrogens is 3. The Labute approximate surface area is 154 Å². The molecular formula is C18H20F3N5O. The van der Waals surface area contributed by atoms with Gasteiger partial charge in [0.2, 0.25) is 0 Å². The number of rotatable bonds is 4. The predicted molar refractivity (Wildman–Crippen MR) is 91.1 cm³/mol. The summed E-state index contributed by atoms with van der Waals surface area (Å²) in [6.45, 7) is 3.40. The highest BCUT2D eigenvalue weighted by Gasteiger charge is 2.50. The largest absolute Gasteiger partial charge is 0.416 e. The molecule has 6 nitrogen and oxygen atoms in total. The summed E-state index contributed by atoms with van der Waals surface area (Å²) in [4.78, 5) is 12.8. The highest BCUT2D eigenvalue weighted by atomic mass is 19.4. The monoisotopic (exact) mass is 379 g/mol. The van der Waals surface area contributed by atoms with E-state index >= 15 is 0 Å². The highest BCUT2D eigenvalue weighted by molar-refractivity contribution is 5.94. The number of alkyl halides is 3. The van der Waals surface area contributed by atoms with Gasteiger partial charge >= 0.3 is 6.18 Å². The molecule has 144 valence electrons. The Hall–Kier alpha value is -2.42. The van der Waals surface area contributed by atoms with Gasteiger partial charge in [-0.15, -0.1) is 5.10 Å². The van der Waals surface area contributed by atoms with Crippen molar-refractivity contribution >= 4 is 5.91 Å². The van der Waals surface area contributed by atoms with E-state index in [2.05, 4.69) is 20.9 Å². The minimum Gasteiger partial charge on any atom is -0.341 e. The molecule has 2 fully saturated rings. The van der Waals surface area contributed by atoms with Crippen molar-refractivity contribution in [3.63, 3.8) is 0 Å². The first kappa shape index (κ1) is 18.0. The summed E-state index contributed by atoms with van der Waals surface area (Å²) in [5.74, 6) is -0.487. The molecule has 2 aliphatic rings. The van der Waals surface area contributed by atoms with E-state index in [9.17, 15) is 18.0 Å². The Morgan fingerprint density at radius 1 is 1.33 bits per heavy atom. The van der Waals surface area contributed by atoms with Crippen molar-refractivity contribution < 1.29 is 18.0 Å². The van der Waals surface area contributed by atoms with Crippen LogP contribution in [-0.4, -0.2) is 34.0 Å². The van der Waals surface area contributed by atoms with Crippen LogP contribution in [0.15, 0.2) is 24.3 Å². The molecule has 0 bridgehead atoms. The van der Waals surface area contributed by atoms with E-state index in [0.717, 1.165) is 25.6 Å². The Morgan fingerprint density at radius 3 is 2.70 bits per heavy atom. The van der Waals surface area contributed by atoms with Crippen LogP contribution in [-0.2, 0) is 11.7 Å². The molecule has 2 heterocycles. The van der Waals surface area contributed by atoms with Crippen LogP contribution in [0.3, 0.4) is 0 Å². The third-order valence-electron chi connectivity index (χ3n) is 5.37. The van der Waals surface area contributed by atoms with Gasteiger partial charge in [-0.2, -0.15) is 13.2 Å². The summed E-state index contributed by atoms with van der Waals surface area (Å²) in [7, 11) is 0. The fraction of sp³-hybridized carbons (Fsp3) is 0.500. The van der Waals surface area contributed by atoms with Gasteiger partial charge in [-0.25, -0.2) is 4.68 Å². The summed E-state index contributed by atoms with van der Waals surface area (Å²) in [6, 6.07) is 5.54. The number of carbonyl (C=O) groups excluding carboxylic acids is 1. The molecule has 1 aromatic carbocycles. The quantitative estimate of drug-likeness (QED) is 0.857. The summed E-state index contributed by atoms with van der Waals surface area (Å²) >= 11 is 0. The van der Waals surface area contributed by atoms with Gasteiger partial charge in [-0.05, 0) is 44.4 Å². The van der Waals surface area contributed by atoms with Crippen LogP contribution < -0.4 is 10.6 Å². The van der Waals surface area contributed by atoms with Crippen LogP contribution in [0.2, 0.25) is 0 Å². The zero-order valence-corrected chi connectivity index (χ0v) is 14.8. The second-order valence-corrected chi connectivity index (χ2v) is 7.19. The summed E-state index contributed by atoms with van der Waals surface area (Å²) in [6.07, 6.45) is -2.64. The molecule has 1 unspecified atom stereocenters. The van der Waals surface area contributed by atoms with Crippen LogP contribution >= 0.6 is 0 Å². The molecule has 1 atom stereocenters. The number of hydrogen-bond donors (Lipinski definition) is 2. The van der Waals surface area contributed by atoms with E-state index in [1.807, 2.05) is 0 Å². The molecule has 2 aromatic rings. The van der Waals surface area contributed by atoms with Crippen LogP contribution in [0.5, 0.6) is 0 Å². The topological polar surface area (TPSA) is 71.8 Å². The molecule has 1 saturated heterocycles. The normalized spacial score (nSPS) is 21.3. The number of benzene rings is 1. The number of carbonyl (C=O) groups is 1. The van der Waals surface area contributed by atoms with Crippen LogP contribution in [0.1, 0.15) is 52.6 Å². The van der Waals surface area contributed by atoms with E-state index in [1.165, 1.54) is 12.1 Å². The van der Waals surface area contributed by atoms with Crippen molar-refractivity contribution in [2.24, 2.45) is 0 Å². The first-order chi connectivity index (χ1) is 12.8. The van der Waals surface area contributed by atoms with Gasteiger partial charge in [0.1, 0.15) is 0 Å². The van der Waals surface area contributed by atoms with Gasteiger partial charge in [0.15, 0.2) is 5.69 Å². The number of nitrogens with one attached hydrogen (secondary N) is 2. The van der Waals surface area contributed by atoms with Crippen molar-refractivity contribution in [3.8, 4) is 0 Å². The molecule has 1 saturated carbocycles. The molecule has 27 heavy (non-hydrogen) atoms. The number of halogens is 3. The Kier molecular flexibility index (Phi) is 4.21. The fourth-order valence-electron chi connectivity index (χ4n) is 3.76. The molecule has 0 radical (unpaired) electrons. The van der Waals surface area contributed by atoms with Crippen LogP contribution in [0, 0.1) is 6.92 Å². The summed E-state index contributed by atoms with van der Waals surface area (Å²) in [5, 5.41) is 14.1. The molecule has 9 heteroatoms. The van der Waals surface area contributed by atoms with Gasteiger partial charge in [0.05, 0.1) is 22.8 Å². The zero-order valence-electron chi connectivity index (χ0n) is 14.8. The van der Waals surface area contributed by atoms with Crippen molar-refractivity contribution in [2.75, 3.05) is 13.1 Å². The second-order valence-electron chi connectivity index (χ2n) is 7.19. The first-order valence-corrected chi connectivity index (χ1v) is 8.93. The lowest BCUT2D eigenvalue weighted by atomic mass is 9.97. The van der Waals surface area contributed by atoms with Crippen LogP contribution in [0.4, 0.5) is 13.2 Å². The zero-order chi connectivity index (χ0) is 19.2. The van der Waals surface area contributed by atoms with Gasteiger partial charge < -0.3 is 10.6 Å². The van der Waals surface area contributed by atoms with E-state index in [1.54, 1.807) is 17.7 Å². The van der Waals surface area contributed by atoms with E-state index < -0.39 is 23.2 Å². The van der Waals surface area contributed by atoms with Gasteiger partial charge in [0, 0.05) is 6.54 Å². The SMILES string of the molecule is Cc1c(C(=O)NC2(c3ccccc3C(F)(F)F)CC2)nnn1C1CCNC1. The summed E-state index contributed by atoms with van der Waals surface area (Å²) in [5.41, 5.74) is -0.802. The van der Waals surface area contributed by atoms with E-state index in [0.29, 0.717) is 18.5 Å². The highest BCUT2D eigenvalue weighted by Crippen LogP contribution is 2.49. The minimum atomic E-state index is -4.47. The maximum absolute atomic E-state index is 13.4. The minimum absolute atomic E-state index is 0.107. The third kappa shape index (κ3) is 3.20. The molecule has 0 spiro atoms. The maximum atomic E-state index is 13.4. The Balaban J connectivity index is 1.59. The molecule has 1 aliphatic carbocycles. The smallest absolute Gasteiger partial charge is 0.341 e. The summed E-state index contributed by atoms with van der Waals surface area (Å²) < 4.78 is 41.8. The lowest BCUT2D eigenvalue weighted by Crippen LogP contribution is -2.37. The van der Waals surface area contributed by atoms with E-state index in [-0.39, 0.29) is 17.3 Å². The molecule has 1 aromatic heterocycles. The van der Waals surface area contributed by atoms with Crippen molar-refractivity contribution in [1.82, 2.24) is 25.6 Å². The first-order valence-electron chi connectivity index (χ1n) is 8.93. The van der Waals surface area contributed by atoms with Gasteiger partial charge in [-0.3, -0.25) is 4.79 Å². The van der Waals surface area contributed by atoms with Crippen LogP contribution in [0.25, 0.3) is 0 Å². The molecule has 2 N–H and O–H groups in total.